The normalized spacial score (nSPS) is 15.4. The van der Waals surface area contributed by atoms with Crippen LogP contribution < -0.4 is 0 Å². The van der Waals surface area contributed by atoms with Gasteiger partial charge in [-0.2, -0.15) is 0 Å². The SMILES string of the molecule is CC(=N)C(C(C)=O)c1cnc2c(-c3ccc(C(=O)O)c(F)c3)cn(C(c3ccccn3)C3CCCC3)c2c1. The molecular formula is C30H29FN4O3. The van der Waals surface area contributed by atoms with E-state index in [1.165, 1.54) is 19.1 Å². The molecule has 3 heterocycles. The molecule has 1 aliphatic carbocycles. The molecule has 0 amide bonds. The van der Waals surface area contributed by atoms with Crippen molar-refractivity contribution in [3.63, 3.8) is 0 Å². The van der Waals surface area contributed by atoms with E-state index in [-0.39, 0.29) is 17.5 Å². The summed E-state index contributed by atoms with van der Waals surface area (Å²) in [5.41, 5.74) is 3.92. The predicted octanol–water partition coefficient (Wildman–Crippen LogP) is 6.43. The van der Waals surface area contributed by atoms with E-state index in [2.05, 4.69) is 4.57 Å². The Morgan fingerprint density at radius 2 is 1.87 bits per heavy atom. The number of aromatic nitrogens is 3. The van der Waals surface area contributed by atoms with Crippen molar-refractivity contribution in [2.24, 2.45) is 5.92 Å². The third-order valence-corrected chi connectivity index (χ3v) is 7.51. The van der Waals surface area contributed by atoms with Crippen molar-refractivity contribution in [3.05, 3.63) is 83.7 Å². The van der Waals surface area contributed by atoms with Crippen molar-refractivity contribution < 1.29 is 19.1 Å². The highest BCUT2D eigenvalue weighted by molar-refractivity contribution is 6.07. The van der Waals surface area contributed by atoms with Crippen LogP contribution in [0, 0.1) is 17.1 Å². The van der Waals surface area contributed by atoms with Gasteiger partial charge in [-0.15, -0.1) is 0 Å². The van der Waals surface area contributed by atoms with Crippen LogP contribution in [-0.4, -0.2) is 37.1 Å². The van der Waals surface area contributed by atoms with Gasteiger partial charge >= 0.3 is 5.97 Å². The second-order valence-electron chi connectivity index (χ2n) is 10.1. The van der Waals surface area contributed by atoms with Gasteiger partial charge in [-0.25, -0.2) is 9.18 Å². The number of halogens is 1. The summed E-state index contributed by atoms with van der Waals surface area (Å²) < 4.78 is 16.9. The second-order valence-corrected chi connectivity index (χ2v) is 10.1. The number of Topliss-reactive ketones (excluding diaryl/α,β-unsaturated/α-hetero) is 1. The number of carbonyl (C=O) groups excluding carboxylic acids is 1. The average molecular weight is 513 g/mol. The molecule has 8 heteroatoms. The van der Waals surface area contributed by atoms with E-state index < -0.39 is 23.3 Å². The second kappa shape index (κ2) is 10.3. The highest BCUT2D eigenvalue weighted by atomic mass is 19.1. The highest BCUT2D eigenvalue weighted by Gasteiger charge is 2.31. The predicted molar refractivity (Wildman–Crippen MR) is 143 cm³/mol. The molecule has 0 spiro atoms. The number of rotatable bonds is 8. The maximum absolute atomic E-state index is 14.7. The quantitative estimate of drug-likeness (QED) is 0.265. The van der Waals surface area contributed by atoms with Crippen molar-refractivity contribution >= 4 is 28.5 Å². The highest BCUT2D eigenvalue weighted by Crippen LogP contribution is 2.42. The van der Waals surface area contributed by atoms with E-state index in [1.54, 1.807) is 25.4 Å². The smallest absolute Gasteiger partial charge is 0.338 e. The first-order chi connectivity index (χ1) is 18.3. The number of carboxylic acid groups (broad SMARTS) is 1. The van der Waals surface area contributed by atoms with Crippen LogP contribution in [0.5, 0.6) is 0 Å². The minimum Gasteiger partial charge on any atom is -0.478 e. The lowest BCUT2D eigenvalue weighted by atomic mass is 9.92. The fourth-order valence-electron chi connectivity index (χ4n) is 5.82. The molecule has 0 saturated heterocycles. The van der Waals surface area contributed by atoms with E-state index >= 15 is 0 Å². The summed E-state index contributed by atoms with van der Waals surface area (Å²) in [5.74, 6) is -2.66. The molecule has 1 aliphatic rings. The zero-order chi connectivity index (χ0) is 27.0. The third kappa shape index (κ3) is 4.62. The number of fused-ring (bicyclic) bond motifs is 1. The van der Waals surface area contributed by atoms with Crippen molar-refractivity contribution in [2.75, 3.05) is 0 Å². The molecule has 0 bridgehead atoms. The molecule has 5 rings (SSSR count). The minimum atomic E-state index is -1.33. The number of pyridine rings is 2. The molecule has 0 aliphatic heterocycles. The molecular weight excluding hydrogens is 483 g/mol. The van der Waals surface area contributed by atoms with Crippen molar-refractivity contribution in [1.29, 1.82) is 5.41 Å². The molecule has 1 fully saturated rings. The Balaban J connectivity index is 1.77. The van der Waals surface area contributed by atoms with Gasteiger partial charge < -0.3 is 15.1 Å². The van der Waals surface area contributed by atoms with E-state index in [1.807, 2.05) is 30.5 Å². The van der Waals surface area contributed by atoms with Crippen molar-refractivity contribution in [3.8, 4) is 11.1 Å². The van der Waals surface area contributed by atoms with Crippen LogP contribution in [0.2, 0.25) is 0 Å². The molecule has 7 nitrogen and oxygen atoms in total. The van der Waals surface area contributed by atoms with Gasteiger partial charge in [0.15, 0.2) is 0 Å². The average Bonchev–Trinajstić information content (AvgIpc) is 3.53. The summed E-state index contributed by atoms with van der Waals surface area (Å²) in [7, 11) is 0. The van der Waals surface area contributed by atoms with Gasteiger partial charge in [-0.3, -0.25) is 14.8 Å². The van der Waals surface area contributed by atoms with Crippen LogP contribution in [-0.2, 0) is 4.79 Å². The molecule has 2 atom stereocenters. The lowest BCUT2D eigenvalue weighted by molar-refractivity contribution is -0.117. The third-order valence-electron chi connectivity index (χ3n) is 7.51. The number of carbonyl (C=O) groups is 2. The molecule has 194 valence electrons. The fourth-order valence-corrected chi connectivity index (χ4v) is 5.82. The van der Waals surface area contributed by atoms with Crippen LogP contribution in [0.1, 0.15) is 73.1 Å². The van der Waals surface area contributed by atoms with Crippen LogP contribution in [0.15, 0.2) is 61.1 Å². The first kappa shape index (κ1) is 25.4. The van der Waals surface area contributed by atoms with Crippen molar-refractivity contribution in [2.45, 2.75) is 51.5 Å². The number of hydrogen-bond donors (Lipinski definition) is 2. The van der Waals surface area contributed by atoms with Gasteiger partial charge in [0.2, 0.25) is 0 Å². The van der Waals surface area contributed by atoms with Crippen LogP contribution >= 0.6 is 0 Å². The Labute approximate surface area is 219 Å². The zero-order valence-corrected chi connectivity index (χ0v) is 21.3. The molecule has 2 N–H and O–H groups in total. The summed E-state index contributed by atoms with van der Waals surface area (Å²) in [5, 5.41) is 17.5. The number of carboxylic acids is 1. The number of hydrogen-bond acceptors (Lipinski definition) is 5. The molecule has 1 aromatic carbocycles. The Morgan fingerprint density at radius 3 is 2.47 bits per heavy atom. The monoisotopic (exact) mass is 512 g/mol. The number of aromatic carboxylic acids is 1. The summed E-state index contributed by atoms with van der Waals surface area (Å²) >= 11 is 0. The summed E-state index contributed by atoms with van der Waals surface area (Å²) in [4.78, 5) is 33.2. The largest absolute Gasteiger partial charge is 0.478 e. The zero-order valence-electron chi connectivity index (χ0n) is 21.3. The number of benzene rings is 1. The first-order valence-electron chi connectivity index (χ1n) is 12.8. The molecule has 3 aromatic heterocycles. The maximum atomic E-state index is 14.7. The molecule has 0 radical (unpaired) electrons. The molecule has 2 unspecified atom stereocenters. The maximum Gasteiger partial charge on any atom is 0.338 e. The van der Waals surface area contributed by atoms with Gasteiger partial charge in [0.1, 0.15) is 11.6 Å². The van der Waals surface area contributed by atoms with Crippen LogP contribution in [0.25, 0.3) is 22.2 Å². The Bertz CT molecular complexity index is 1530. The Kier molecular flexibility index (Phi) is 6.89. The van der Waals surface area contributed by atoms with Gasteiger partial charge in [0.25, 0.3) is 0 Å². The van der Waals surface area contributed by atoms with Crippen molar-refractivity contribution in [1.82, 2.24) is 14.5 Å². The van der Waals surface area contributed by atoms with E-state index in [0.29, 0.717) is 28.1 Å². The first-order valence-corrected chi connectivity index (χ1v) is 12.8. The lowest BCUT2D eigenvalue weighted by Gasteiger charge is -2.26. The lowest BCUT2D eigenvalue weighted by Crippen LogP contribution is -2.20. The molecule has 4 aromatic rings. The van der Waals surface area contributed by atoms with Gasteiger partial charge in [-0.05, 0) is 74.1 Å². The summed E-state index contributed by atoms with van der Waals surface area (Å²) in [6.07, 6.45) is 9.66. The van der Waals surface area contributed by atoms with E-state index in [4.69, 9.17) is 15.4 Å². The standard InChI is InChI=1S/C30H29FN4O3/c1-17(32)27(18(2)36)21-14-26-28(34-15-21)23(20-10-11-22(30(37)38)24(31)13-20)16-35(26)29(19-7-3-4-8-19)25-9-5-6-12-33-25/h5-6,9-16,19,27,29,32H,3-4,7-8H2,1-2H3,(H,37,38). The van der Waals surface area contributed by atoms with Crippen LogP contribution in [0.4, 0.5) is 4.39 Å². The number of nitrogens with one attached hydrogen (secondary N) is 1. The van der Waals surface area contributed by atoms with E-state index in [0.717, 1.165) is 36.9 Å². The summed E-state index contributed by atoms with van der Waals surface area (Å²) in [6, 6.07) is 11.7. The van der Waals surface area contributed by atoms with E-state index in [9.17, 15) is 19.1 Å². The topological polar surface area (TPSA) is 109 Å². The molecule has 1 saturated carbocycles. The molecule has 38 heavy (non-hydrogen) atoms. The number of ketones is 1. The minimum absolute atomic E-state index is 0.105. The fraction of sp³-hybridized carbons (Fsp3) is 0.300. The van der Waals surface area contributed by atoms with Crippen LogP contribution in [0.3, 0.4) is 0 Å². The van der Waals surface area contributed by atoms with Gasteiger partial charge in [0.05, 0.1) is 34.3 Å². The number of nitrogens with zero attached hydrogens (tertiary/aromatic N) is 3. The summed E-state index contributed by atoms with van der Waals surface area (Å²) in [6.45, 7) is 3.09. The Hall–Kier alpha value is -4.20. The Morgan fingerprint density at radius 1 is 1.11 bits per heavy atom. The van der Waals surface area contributed by atoms with Gasteiger partial charge in [0, 0.05) is 29.9 Å². The van der Waals surface area contributed by atoms with Gasteiger partial charge in [-0.1, -0.05) is 25.0 Å².